The first-order valence-corrected chi connectivity index (χ1v) is 6.01. The average Bonchev–Trinajstić information content (AvgIpc) is 2.17. The number of halogens is 1. The maximum Gasteiger partial charge on any atom is 0.0239 e. The minimum atomic E-state index is 0.689. The molecule has 0 bridgehead atoms. The van der Waals surface area contributed by atoms with Crippen molar-refractivity contribution in [2.45, 2.75) is 32.9 Å². The first kappa shape index (κ1) is 10.2. The van der Waals surface area contributed by atoms with Crippen molar-refractivity contribution in [1.82, 2.24) is 4.90 Å². The summed E-state index contributed by atoms with van der Waals surface area (Å²) in [5.41, 5.74) is 3.00. The van der Waals surface area contributed by atoms with E-state index in [2.05, 4.69) is 52.9 Å². The lowest BCUT2D eigenvalue weighted by molar-refractivity contribution is 0.195. The third kappa shape index (κ3) is 1.86. The van der Waals surface area contributed by atoms with Crippen LogP contribution in [-0.4, -0.2) is 17.5 Å². The topological polar surface area (TPSA) is 3.24 Å². The molecule has 0 spiro atoms. The van der Waals surface area contributed by atoms with Gasteiger partial charge in [0.05, 0.1) is 0 Å². The molecule has 0 N–H and O–H groups in total. The molecule has 0 saturated carbocycles. The summed E-state index contributed by atoms with van der Waals surface area (Å²) in [4.78, 5) is 2.52. The fourth-order valence-electron chi connectivity index (χ4n) is 2.19. The minimum Gasteiger partial charge on any atom is -0.296 e. The summed E-state index contributed by atoms with van der Waals surface area (Å²) < 4.78 is 1.20. The molecule has 0 saturated heterocycles. The van der Waals surface area contributed by atoms with E-state index < -0.39 is 0 Å². The first-order valence-electron chi connectivity index (χ1n) is 5.22. The predicted molar refractivity (Wildman–Crippen MR) is 63.4 cm³/mol. The van der Waals surface area contributed by atoms with Crippen LogP contribution in [0, 0.1) is 0 Å². The molecule has 1 aromatic carbocycles. The minimum absolute atomic E-state index is 0.689. The van der Waals surface area contributed by atoms with Crippen molar-refractivity contribution in [3.05, 3.63) is 33.8 Å². The summed E-state index contributed by atoms with van der Waals surface area (Å²) in [5.74, 6) is 0. The molecule has 1 aliphatic heterocycles. The van der Waals surface area contributed by atoms with Crippen molar-refractivity contribution in [3.8, 4) is 0 Å². The molecular formula is C12H16BrN. The summed E-state index contributed by atoms with van der Waals surface area (Å²) >= 11 is 3.53. The van der Waals surface area contributed by atoms with Gasteiger partial charge in [0, 0.05) is 17.1 Å². The number of rotatable bonds is 1. The number of likely N-dealkylation sites (N-methyl/N-ethyl adjacent to an activating group) is 1. The van der Waals surface area contributed by atoms with Crippen LogP contribution >= 0.6 is 15.9 Å². The molecule has 0 aromatic heterocycles. The second-order valence-electron chi connectivity index (χ2n) is 4.03. The van der Waals surface area contributed by atoms with Gasteiger partial charge < -0.3 is 0 Å². The van der Waals surface area contributed by atoms with Crippen LogP contribution in [0.4, 0.5) is 0 Å². The summed E-state index contributed by atoms with van der Waals surface area (Å²) in [7, 11) is 0. The third-order valence-corrected chi connectivity index (χ3v) is 3.58. The Hall–Kier alpha value is -0.340. The van der Waals surface area contributed by atoms with E-state index in [0.29, 0.717) is 6.04 Å². The van der Waals surface area contributed by atoms with Crippen LogP contribution in [0.15, 0.2) is 22.7 Å². The average molecular weight is 254 g/mol. The van der Waals surface area contributed by atoms with Gasteiger partial charge in [-0.1, -0.05) is 28.9 Å². The maximum atomic E-state index is 3.53. The van der Waals surface area contributed by atoms with Crippen molar-refractivity contribution in [2.75, 3.05) is 6.54 Å². The molecule has 76 valence electrons. The zero-order valence-electron chi connectivity index (χ0n) is 8.76. The van der Waals surface area contributed by atoms with E-state index in [4.69, 9.17) is 0 Å². The van der Waals surface area contributed by atoms with E-state index in [1.807, 2.05) is 0 Å². The summed E-state index contributed by atoms with van der Waals surface area (Å²) in [5, 5.41) is 0. The zero-order chi connectivity index (χ0) is 10.1. The Morgan fingerprint density at radius 1 is 1.43 bits per heavy atom. The number of nitrogens with zero attached hydrogens (tertiary/aromatic N) is 1. The molecule has 14 heavy (non-hydrogen) atoms. The van der Waals surface area contributed by atoms with E-state index >= 15 is 0 Å². The van der Waals surface area contributed by atoms with E-state index in [0.717, 1.165) is 13.1 Å². The largest absolute Gasteiger partial charge is 0.296 e. The molecule has 0 radical (unpaired) electrons. The van der Waals surface area contributed by atoms with Gasteiger partial charge in [-0.15, -0.1) is 0 Å². The van der Waals surface area contributed by atoms with Crippen molar-refractivity contribution >= 4 is 15.9 Å². The van der Waals surface area contributed by atoms with Crippen LogP contribution in [-0.2, 0) is 13.0 Å². The Kier molecular flexibility index (Phi) is 2.93. The van der Waals surface area contributed by atoms with E-state index in [1.54, 1.807) is 0 Å². The van der Waals surface area contributed by atoms with Gasteiger partial charge in [0.25, 0.3) is 0 Å². The molecule has 0 fully saturated rings. The van der Waals surface area contributed by atoms with Gasteiger partial charge in [-0.25, -0.2) is 0 Å². The highest BCUT2D eigenvalue weighted by Gasteiger charge is 2.20. The zero-order valence-corrected chi connectivity index (χ0v) is 10.3. The summed E-state index contributed by atoms with van der Waals surface area (Å²) in [6, 6.07) is 7.34. The number of benzene rings is 1. The standard InChI is InChI=1S/C12H16BrN/c1-3-14-8-11-7-12(13)5-4-10(11)6-9(14)2/h4-5,7,9H,3,6,8H2,1-2H3. The molecular weight excluding hydrogens is 238 g/mol. The molecule has 1 heterocycles. The number of hydrogen-bond acceptors (Lipinski definition) is 1. The van der Waals surface area contributed by atoms with E-state index in [-0.39, 0.29) is 0 Å². The predicted octanol–water partition coefficient (Wildman–Crippen LogP) is 3.22. The molecule has 1 aromatic rings. The monoisotopic (exact) mass is 253 g/mol. The molecule has 1 atom stereocenters. The fraction of sp³-hybridized carbons (Fsp3) is 0.500. The van der Waals surface area contributed by atoms with E-state index in [1.165, 1.54) is 22.0 Å². The second-order valence-corrected chi connectivity index (χ2v) is 4.94. The van der Waals surface area contributed by atoms with Crippen LogP contribution < -0.4 is 0 Å². The molecule has 1 aliphatic rings. The van der Waals surface area contributed by atoms with Crippen LogP contribution in [0.2, 0.25) is 0 Å². The molecule has 2 rings (SSSR count). The third-order valence-electron chi connectivity index (χ3n) is 3.09. The van der Waals surface area contributed by atoms with Crippen molar-refractivity contribution in [3.63, 3.8) is 0 Å². The second kappa shape index (κ2) is 4.03. The number of fused-ring (bicyclic) bond motifs is 1. The Morgan fingerprint density at radius 3 is 2.93 bits per heavy atom. The molecule has 2 heteroatoms. The van der Waals surface area contributed by atoms with E-state index in [9.17, 15) is 0 Å². The normalized spacial score (nSPS) is 22.1. The van der Waals surface area contributed by atoms with Gasteiger partial charge in [0.15, 0.2) is 0 Å². The van der Waals surface area contributed by atoms with Gasteiger partial charge in [0.2, 0.25) is 0 Å². The van der Waals surface area contributed by atoms with Gasteiger partial charge >= 0.3 is 0 Å². The van der Waals surface area contributed by atoms with Gasteiger partial charge in [0.1, 0.15) is 0 Å². The summed E-state index contributed by atoms with van der Waals surface area (Å²) in [6.07, 6.45) is 1.19. The van der Waals surface area contributed by atoms with Crippen LogP contribution in [0.5, 0.6) is 0 Å². The van der Waals surface area contributed by atoms with Crippen molar-refractivity contribution < 1.29 is 0 Å². The Bertz CT molecular complexity index is 335. The smallest absolute Gasteiger partial charge is 0.0239 e. The number of hydrogen-bond donors (Lipinski definition) is 0. The highest BCUT2D eigenvalue weighted by molar-refractivity contribution is 9.10. The fourth-order valence-corrected chi connectivity index (χ4v) is 2.59. The summed E-state index contributed by atoms with van der Waals surface area (Å²) in [6.45, 7) is 6.80. The SMILES string of the molecule is CCN1Cc2cc(Br)ccc2CC1C. The Balaban J connectivity index is 2.31. The lowest BCUT2D eigenvalue weighted by Crippen LogP contribution is -2.37. The van der Waals surface area contributed by atoms with Crippen LogP contribution in [0.1, 0.15) is 25.0 Å². The van der Waals surface area contributed by atoms with Crippen molar-refractivity contribution in [1.29, 1.82) is 0 Å². The Labute approximate surface area is 94.2 Å². The van der Waals surface area contributed by atoms with Crippen LogP contribution in [0.25, 0.3) is 0 Å². The van der Waals surface area contributed by atoms with Gasteiger partial charge in [-0.05, 0) is 43.1 Å². The molecule has 1 unspecified atom stereocenters. The molecule has 0 amide bonds. The molecule has 0 aliphatic carbocycles. The highest BCUT2D eigenvalue weighted by atomic mass is 79.9. The maximum absolute atomic E-state index is 3.53. The lowest BCUT2D eigenvalue weighted by atomic mass is 9.95. The highest BCUT2D eigenvalue weighted by Crippen LogP contribution is 2.25. The quantitative estimate of drug-likeness (QED) is 0.743. The van der Waals surface area contributed by atoms with Gasteiger partial charge in [-0.3, -0.25) is 4.90 Å². The van der Waals surface area contributed by atoms with Crippen molar-refractivity contribution in [2.24, 2.45) is 0 Å². The Morgan fingerprint density at radius 2 is 2.21 bits per heavy atom. The van der Waals surface area contributed by atoms with Crippen LogP contribution in [0.3, 0.4) is 0 Å². The first-order chi connectivity index (χ1) is 6.70. The van der Waals surface area contributed by atoms with Gasteiger partial charge in [-0.2, -0.15) is 0 Å². The molecule has 1 nitrogen and oxygen atoms in total. The lowest BCUT2D eigenvalue weighted by Gasteiger charge is -2.34.